The van der Waals surface area contributed by atoms with Gasteiger partial charge in [0.15, 0.2) is 0 Å². The van der Waals surface area contributed by atoms with Crippen LogP contribution in [0.3, 0.4) is 0 Å². The molecule has 0 aromatic heterocycles. The van der Waals surface area contributed by atoms with Crippen molar-refractivity contribution in [2.75, 3.05) is 20.8 Å². The molecule has 120 valence electrons. The molecule has 1 unspecified atom stereocenters. The van der Waals surface area contributed by atoms with Crippen LogP contribution in [0, 0.1) is 0 Å². The Kier molecular flexibility index (Phi) is 7.83. The number of hydrogen-bond donors (Lipinski definition) is 2. The lowest BCUT2D eigenvalue weighted by Gasteiger charge is -2.20. The molecule has 2 atom stereocenters. The summed E-state index contributed by atoms with van der Waals surface area (Å²) in [6.07, 6.45) is -2.11. The summed E-state index contributed by atoms with van der Waals surface area (Å²) in [7, 11) is 2.74. The van der Waals surface area contributed by atoms with Crippen LogP contribution in [0.5, 0.6) is 17.2 Å². The number of carbonyl (C=O) groups excluding carboxylic acids is 1. The Morgan fingerprint density at radius 1 is 1.38 bits per heavy atom. The maximum absolute atomic E-state index is 13.9. The molecule has 0 aliphatic carbocycles. The van der Waals surface area contributed by atoms with E-state index in [1.54, 1.807) is 6.92 Å². The Hall–Kier alpha value is -1.73. The standard InChI is InChI=1S/C13H18FNO5.ClH/c1-4-20-13(17)11(14)12(15)10-8(16)5-7(18-2)6-9(10)19-3;/h5-6,11-12,16H,4,15H2,1-3H3;1H/t11?,12-;/m1./s1. The average Bonchev–Trinajstić information content (AvgIpc) is 2.44. The van der Waals surface area contributed by atoms with Gasteiger partial charge in [0.1, 0.15) is 17.2 Å². The van der Waals surface area contributed by atoms with Crippen molar-refractivity contribution in [3.05, 3.63) is 17.7 Å². The summed E-state index contributed by atoms with van der Waals surface area (Å²) in [5, 5.41) is 9.91. The van der Waals surface area contributed by atoms with Gasteiger partial charge in [0.2, 0.25) is 6.17 Å². The molecule has 1 aromatic carbocycles. The Morgan fingerprint density at radius 2 is 2.00 bits per heavy atom. The van der Waals surface area contributed by atoms with Crippen molar-refractivity contribution in [1.82, 2.24) is 0 Å². The monoisotopic (exact) mass is 323 g/mol. The lowest BCUT2D eigenvalue weighted by Crippen LogP contribution is -2.31. The van der Waals surface area contributed by atoms with Crippen molar-refractivity contribution in [3.63, 3.8) is 0 Å². The van der Waals surface area contributed by atoms with E-state index >= 15 is 0 Å². The van der Waals surface area contributed by atoms with Crippen molar-refractivity contribution < 1.29 is 28.5 Å². The summed E-state index contributed by atoms with van der Waals surface area (Å²) >= 11 is 0. The lowest BCUT2D eigenvalue weighted by molar-refractivity contribution is -0.149. The summed E-state index contributed by atoms with van der Waals surface area (Å²) in [4.78, 5) is 11.4. The van der Waals surface area contributed by atoms with Gasteiger partial charge in [-0.05, 0) is 6.92 Å². The molecule has 0 bridgehead atoms. The fourth-order valence-corrected chi connectivity index (χ4v) is 1.72. The number of benzene rings is 1. The summed E-state index contributed by atoms with van der Waals surface area (Å²) < 4.78 is 28.5. The Balaban J connectivity index is 0.00000400. The van der Waals surface area contributed by atoms with Gasteiger partial charge < -0.3 is 25.1 Å². The third-order valence-electron chi connectivity index (χ3n) is 2.71. The second kappa shape index (κ2) is 8.53. The van der Waals surface area contributed by atoms with Crippen LogP contribution in [0.4, 0.5) is 4.39 Å². The molecule has 0 saturated heterocycles. The molecule has 0 radical (unpaired) electrons. The van der Waals surface area contributed by atoms with Gasteiger partial charge in [0, 0.05) is 12.1 Å². The molecule has 0 saturated carbocycles. The molecule has 1 rings (SSSR count). The molecular formula is C13H19ClFNO5. The number of alkyl halides is 1. The van der Waals surface area contributed by atoms with Gasteiger partial charge in [0.25, 0.3) is 0 Å². The number of methoxy groups -OCH3 is 2. The van der Waals surface area contributed by atoms with Crippen molar-refractivity contribution in [3.8, 4) is 17.2 Å². The number of esters is 1. The van der Waals surface area contributed by atoms with E-state index in [4.69, 9.17) is 15.2 Å². The molecule has 0 aliphatic heterocycles. The number of carbonyl (C=O) groups is 1. The zero-order valence-electron chi connectivity index (χ0n) is 12.0. The highest BCUT2D eigenvalue weighted by Crippen LogP contribution is 2.38. The van der Waals surface area contributed by atoms with Crippen LogP contribution < -0.4 is 15.2 Å². The number of rotatable bonds is 6. The molecule has 0 amide bonds. The molecular weight excluding hydrogens is 305 g/mol. The van der Waals surface area contributed by atoms with Crippen molar-refractivity contribution in [1.29, 1.82) is 0 Å². The van der Waals surface area contributed by atoms with Gasteiger partial charge in [-0.15, -0.1) is 12.4 Å². The molecule has 8 heteroatoms. The zero-order chi connectivity index (χ0) is 15.3. The number of ether oxygens (including phenoxy) is 3. The summed E-state index contributed by atoms with van der Waals surface area (Å²) in [5.74, 6) is -0.957. The van der Waals surface area contributed by atoms with Gasteiger partial charge in [-0.1, -0.05) is 0 Å². The fourth-order valence-electron chi connectivity index (χ4n) is 1.72. The second-order valence-electron chi connectivity index (χ2n) is 3.94. The molecule has 3 N–H and O–H groups in total. The van der Waals surface area contributed by atoms with E-state index in [9.17, 15) is 14.3 Å². The lowest BCUT2D eigenvalue weighted by atomic mass is 10.0. The minimum Gasteiger partial charge on any atom is -0.507 e. The number of phenolic OH excluding ortho intramolecular Hbond substituents is 1. The minimum absolute atomic E-state index is 0. The smallest absolute Gasteiger partial charge is 0.342 e. The van der Waals surface area contributed by atoms with Crippen LogP contribution in [0.2, 0.25) is 0 Å². The van der Waals surface area contributed by atoms with Gasteiger partial charge in [-0.2, -0.15) is 0 Å². The largest absolute Gasteiger partial charge is 0.507 e. The molecule has 0 aliphatic rings. The summed E-state index contributed by atoms with van der Waals surface area (Å²) in [6.45, 7) is 1.60. The van der Waals surface area contributed by atoms with E-state index in [1.807, 2.05) is 0 Å². The molecule has 1 aromatic rings. The van der Waals surface area contributed by atoms with Gasteiger partial charge in [-0.25, -0.2) is 9.18 Å². The number of hydrogen-bond acceptors (Lipinski definition) is 6. The maximum atomic E-state index is 13.9. The van der Waals surface area contributed by atoms with Crippen LogP contribution in [0.25, 0.3) is 0 Å². The van der Waals surface area contributed by atoms with E-state index in [0.29, 0.717) is 5.75 Å². The predicted octanol–water partition coefficient (Wildman–Crippen LogP) is 1.73. The Bertz CT molecular complexity index is 486. The second-order valence-corrected chi connectivity index (χ2v) is 3.94. The first-order valence-electron chi connectivity index (χ1n) is 5.97. The first-order chi connectivity index (χ1) is 9.46. The molecule has 21 heavy (non-hydrogen) atoms. The highest BCUT2D eigenvalue weighted by molar-refractivity contribution is 5.85. The number of phenols is 1. The van der Waals surface area contributed by atoms with E-state index in [2.05, 4.69) is 4.74 Å². The van der Waals surface area contributed by atoms with Crippen LogP contribution in [0.1, 0.15) is 18.5 Å². The van der Waals surface area contributed by atoms with E-state index in [-0.39, 0.29) is 36.1 Å². The number of nitrogens with two attached hydrogens (primary N) is 1. The van der Waals surface area contributed by atoms with Gasteiger partial charge >= 0.3 is 5.97 Å². The maximum Gasteiger partial charge on any atom is 0.342 e. The van der Waals surface area contributed by atoms with Crippen molar-refractivity contribution in [2.24, 2.45) is 5.73 Å². The summed E-state index contributed by atoms with van der Waals surface area (Å²) in [6, 6.07) is 1.29. The van der Waals surface area contributed by atoms with Crippen molar-refractivity contribution in [2.45, 2.75) is 19.1 Å². The topological polar surface area (TPSA) is 91.0 Å². The Labute approximate surface area is 128 Å². The molecule has 0 fully saturated rings. The van der Waals surface area contributed by atoms with Crippen molar-refractivity contribution >= 4 is 18.4 Å². The van der Waals surface area contributed by atoms with E-state index < -0.39 is 18.2 Å². The fraction of sp³-hybridized carbons (Fsp3) is 0.462. The normalized spacial score (nSPS) is 12.8. The van der Waals surface area contributed by atoms with E-state index in [1.165, 1.54) is 26.4 Å². The average molecular weight is 324 g/mol. The van der Waals surface area contributed by atoms with Crippen LogP contribution in [-0.4, -0.2) is 38.1 Å². The van der Waals surface area contributed by atoms with Gasteiger partial charge in [0.05, 0.1) is 32.4 Å². The SMILES string of the molecule is CCOC(=O)C(F)[C@H](N)c1c(O)cc(OC)cc1OC.Cl. The third kappa shape index (κ3) is 4.37. The Morgan fingerprint density at radius 3 is 2.48 bits per heavy atom. The molecule has 6 nitrogen and oxygen atoms in total. The summed E-state index contributed by atoms with van der Waals surface area (Å²) in [5.41, 5.74) is 5.66. The first-order valence-corrected chi connectivity index (χ1v) is 5.97. The van der Waals surface area contributed by atoms with Crippen LogP contribution in [-0.2, 0) is 9.53 Å². The van der Waals surface area contributed by atoms with Crippen LogP contribution in [0.15, 0.2) is 12.1 Å². The molecule has 0 spiro atoms. The van der Waals surface area contributed by atoms with E-state index in [0.717, 1.165) is 0 Å². The highest BCUT2D eigenvalue weighted by Gasteiger charge is 2.32. The van der Waals surface area contributed by atoms with Crippen LogP contribution >= 0.6 is 12.4 Å². The quantitative estimate of drug-likeness (QED) is 0.775. The third-order valence-corrected chi connectivity index (χ3v) is 2.71. The number of halogens is 2. The zero-order valence-corrected chi connectivity index (χ0v) is 12.8. The molecule has 0 heterocycles. The predicted molar refractivity (Wildman–Crippen MR) is 76.9 cm³/mol. The minimum atomic E-state index is -2.11. The van der Waals surface area contributed by atoms with Gasteiger partial charge in [-0.3, -0.25) is 0 Å². The number of aromatic hydroxyl groups is 1. The first kappa shape index (κ1) is 19.3. The highest BCUT2D eigenvalue weighted by atomic mass is 35.5.